The molecule has 0 atom stereocenters. The molecule has 2 nitrogen and oxygen atoms in total. The predicted octanol–water partition coefficient (Wildman–Crippen LogP) is 4.42. The maximum absolute atomic E-state index is 4.36. The molecule has 0 aliphatic heterocycles. The van der Waals surface area contributed by atoms with Crippen molar-refractivity contribution >= 4 is 37.5 Å². The van der Waals surface area contributed by atoms with Crippen LogP contribution in [0.15, 0.2) is 47.1 Å². The first-order valence-corrected chi connectivity index (χ1v) is 8.07. The topological polar surface area (TPSA) is 16.1 Å². The van der Waals surface area contributed by atoms with Crippen LogP contribution >= 0.6 is 31.9 Å². The number of nitrogens with zero attached hydrogens (tertiary/aromatic N) is 2. The molecule has 1 heterocycles. The number of pyridine rings is 1. The summed E-state index contributed by atoms with van der Waals surface area (Å²) in [4.78, 5) is 6.63. The van der Waals surface area contributed by atoms with Crippen LogP contribution in [0.4, 0.5) is 5.69 Å². The summed E-state index contributed by atoms with van der Waals surface area (Å²) in [5.41, 5.74) is 3.68. The second kappa shape index (κ2) is 7.06. The summed E-state index contributed by atoms with van der Waals surface area (Å²) in [6, 6.07) is 12.4. The second-order valence-corrected chi connectivity index (χ2v) is 5.88. The lowest BCUT2D eigenvalue weighted by molar-refractivity contribution is 0.849. The highest BCUT2D eigenvalue weighted by molar-refractivity contribution is 9.10. The highest BCUT2D eigenvalue weighted by Gasteiger charge is 2.07. The third kappa shape index (κ3) is 4.05. The SMILES string of the molecule is CN(CCc1ccccn1)c1ccc(Br)cc1CBr. The number of benzene rings is 1. The Labute approximate surface area is 131 Å². The molecule has 0 bridgehead atoms. The van der Waals surface area contributed by atoms with Gasteiger partial charge >= 0.3 is 0 Å². The minimum Gasteiger partial charge on any atom is -0.374 e. The van der Waals surface area contributed by atoms with Crippen LogP contribution in [-0.4, -0.2) is 18.6 Å². The van der Waals surface area contributed by atoms with Crippen molar-refractivity contribution in [1.82, 2.24) is 4.98 Å². The molecular formula is C15H16Br2N2. The molecule has 4 heteroatoms. The van der Waals surface area contributed by atoms with Crippen molar-refractivity contribution in [2.24, 2.45) is 0 Å². The van der Waals surface area contributed by atoms with E-state index in [1.165, 1.54) is 11.3 Å². The van der Waals surface area contributed by atoms with Crippen molar-refractivity contribution in [3.63, 3.8) is 0 Å². The maximum Gasteiger partial charge on any atom is 0.0421 e. The molecule has 0 unspecified atom stereocenters. The maximum atomic E-state index is 4.36. The van der Waals surface area contributed by atoms with E-state index in [1.54, 1.807) is 0 Å². The number of aromatic nitrogens is 1. The van der Waals surface area contributed by atoms with Crippen LogP contribution in [0, 0.1) is 0 Å². The fourth-order valence-corrected chi connectivity index (χ4v) is 2.84. The number of rotatable bonds is 5. The summed E-state index contributed by atoms with van der Waals surface area (Å²) >= 11 is 7.06. The lowest BCUT2D eigenvalue weighted by atomic mass is 10.1. The van der Waals surface area contributed by atoms with E-state index < -0.39 is 0 Å². The third-order valence-corrected chi connectivity index (χ3v) is 4.12. The zero-order valence-electron chi connectivity index (χ0n) is 10.8. The number of alkyl halides is 1. The predicted molar refractivity (Wildman–Crippen MR) is 88.0 cm³/mol. The number of hydrogen-bond acceptors (Lipinski definition) is 2. The number of hydrogen-bond donors (Lipinski definition) is 0. The molecule has 0 N–H and O–H groups in total. The molecular weight excluding hydrogens is 368 g/mol. The second-order valence-electron chi connectivity index (χ2n) is 4.40. The first-order valence-electron chi connectivity index (χ1n) is 6.16. The van der Waals surface area contributed by atoms with Gasteiger partial charge in [0.15, 0.2) is 0 Å². The monoisotopic (exact) mass is 382 g/mol. The van der Waals surface area contributed by atoms with Crippen LogP contribution in [0.5, 0.6) is 0 Å². The van der Waals surface area contributed by atoms with E-state index >= 15 is 0 Å². The van der Waals surface area contributed by atoms with Crippen molar-refractivity contribution in [2.45, 2.75) is 11.8 Å². The Morgan fingerprint density at radius 2 is 2.05 bits per heavy atom. The van der Waals surface area contributed by atoms with Crippen LogP contribution in [0.2, 0.25) is 0 Å². The quantitative estimate of drug-likeness (QED) is 0.710. The Morgan fingerprint density at radius 3 is 2.74 bits per heavy atom. The highest BCUT2D eigenvalue weighted by Crippen LogP contribution is 2.25. The van der Waals surface area contributed by atoms with Gasteiger partial charge in [-0.15, -0.1) is 0 Å². The van der Waals surface area contributed by atoms with Crippen LogP contribution < -0.4 is 4.90 Å². The highest BCUT2D eigenvalue weighted by atomic mass is 79.9. The van der Waals surface area contributed by atoms with Gasteiger partial charge in [-0.3, -0.25) is 4.98 Å². The largest absolute Gasteiger partial charge is 0.374 e. The fraction of sp³-hybridized carbons (Fsp3) is 0.267. The number of anilines is 1. The molecule has 19 heavy (non-hydrogen) atoms. The third-order valence-electron chi connectivity index (χ3n) is 3.03. The van der Waals surface area contributed by atoms with Crippen molar-refractivity contribution in [2.75, 3.05) is 18.5 Å². The van der Waals surface area contributed by atoms with Crippen molar-refractivity contribution in [3.05, 3.63) is 58.3 Å². The van der Waals surface area contributed by atoms with Gasteiger partial charge in [0.1, 0.15) is 0 Å². The zero-order chi connectivity index (χ0) is 13.7. The van der Waals surface area contributed by atoms with E-state index in [1.807, 2.05) is 18.3 Å². The molecule has 0 radical (unpaired) electrons. The molecule has 0 saturated heterocycles. The van der Waals surface area contributed by atoms with Crippen LogP contribution in [0.1, 0.15) is 11.3 Å². The van der Waals surface area contributed by atoms with E-state index in [2.05, 4.69) is 73.1 Å². The van der Waals surface area contributed by atoms with Gasteiger partial charge in [0.2, 0.25) is 0 Å². The van der Waals surface area contributed by atoms with E-state index in [4.69, 9.17) is 0 Å². The summed E-state index contributed by atoms with van der Waals surface area (Å²) in [6.07, 6.45) is 2.80. The average Bonchev–Trinajstić information content (AvgIpc) is 2.45. The van der Waals surface area contributed by atoms with E-state index in [0.717, 1.165) is 28.5 Å². The minimum atomic E-state index is 0.857. The Kier molecular flexibility index (Phi) is 5.40. The van der Waals surface area contributed by atoms with Crippen molar-refractivity contribution in [3.8, 4) is 0 Å². The molecule has 0 aliphatic rings. The molecule has 0 amide bonds. The summed E-state index contributed by atoms with van der Waals surface area (Å²) in [5, 5.41) is 0.857. The first-order chi connectivity index (χ1) is 9.20. The van der Waals surface area contributed by atoms with E-state index in [-0.39, 0.29) is 0 Å². The van der Waals surface area contributed by atoms with Gasteiger partial charge in [-0.05, 0) is 35.9 Å². The molecule has 0 spiro atoms. The summed E-state index contributed by atoms with van der Waals surface area (Å²) in [5.74, 6) is 0. The van der Waals surface area contributed by atoms with E-state index in [9.17, 15) is 0 Å². The van der Waals surface area contributed by atoms with Crippen LogP contribution in [0.3, 0.4) is 0 Å². The van der Waals surface area contributed by atoms with Crippen LogP contribution in [-0.2, 0) is 11.8 Å². The standard InChI is InChI=1S/C15H16Br2N2/c1-19(9-7-14-4-2-3-8-18-14)15-6-5-13(17)10-12(15)11-16/h2-6,8,10H,7,9,11H2,1H3. The van der Waals surface area contributed by atoms with Gasteiger partial charge in [-0.2, -0.15) is 0 Å². The average molecular weight is 384 g/mol. The summed E-state index contributed by atoms with van der Waals surface area (Å²) in [6.45, 7) is 0.957. The molecule has 100 valence electrons. The van der Waals surface area contributed by atoms with Gasteiger partial charge in [-0.1, -0.05) is 37.9 Å². The molecule has 1 aromatic heterocycles. The Hall–Kier alpha value is -0.870. The number of halogens is 2. The van der Waals surface area contributed by atoms with Gasteiger partial charge in [0.25, 0.3) is 0 Å². The molecule has 2 rings (SSSR count). The smallest absolute Gasteiger partial charge is 0.0421 e. The number of likely N-dealkylation sites (N-methyl/N-ethyl adjacent to an activating group) is 1. The van der Waals surface area contributed by atoms with Gasteiger partial charge in [-0.25, -0.2) is 0 Å². The molecule has 1 aromatic carbocycles. The lowest BCUT2D eigenvalue weighted by Gasteiger charge is -2.22. The van der Waals surface area contributed by atoms with Crippen molar-refractivity contribution in [1.29, 1.82) is 0 Å². The van der Waals surface area contributed by atoms with Gasteiger partial charge in [0.05, 0.1) is 0 Å². The fourth-order valence-electron chi connectivity index (χ4n) is 1.98. The summed E-state index contributed by atoms with van der Waals surface area (Å²) in [7, 11) is 2.12. The molecule has 0 fully saturated rings. The molecule has 2 aromatic rings. The van der Waals surface area contributed by atoms with Crippen molar-refractivity contribution < 1.29 is 0 Å². The molecule has 0 saturated carbocycles. The minimum absolute atomic E-state index is 0.857. The van der Waals surface area contributed by atoms with Gasteiger partial charge in [0, 0.05) is 47.4 Å². The van der Waals surface area contributed by atoms with E-state index in [0.29, 0.717) is 0 Å². The van der Waals surface area contributed by atoms with Crippen LogP contribution in [0.25, 0.3) is 0 Å². The zero-order valence-corrected chi connectivity index (χ0v) is 14.0. The Balaban J connectivity index is 2.05. The molecule has 0 aliphatic carbocycles. The normalized spacial score (nSPS) is 10.5. The Bertz CT molecular complexity index is 529. The lowest BCUT2D eigenvalue weighted by Crippen LogP contribution is -2.21. The van der Waals surface area contributed by atoms with Gasteiger partial charge < -0.3 is 4.90 Å². The Morgan fingerprint density at radius 1 is 1.21 bits per heavy atom. The summed E-state index contributed by atoms with van der Waals surface area (Å²) < 4.78 is 1.11. The first kappa shape index (κ1) is 14.5.